The second kappa shape index (κ2) is 11.7. The first-order chi connectivity index (χ1) is 17.3. The summed E-state index contributed by atoms with van der Waals surface area (Å²) in [6, 6.07) is 17.3. The number of anilines is 1. The van der Waals surface area contributed by atoms with Gasteiger partial charge in [-0.3, -0.25) is 19.8 Å². The van der Waals surface area contributed by atoms with Crippen LogP contribution >= 0.6 is 62.5 Å². The highest BCUT2D eigenvalue weighted by Gasteiger charge is 2.33. The molecule has 1 fully saturated rings. The standard InChI is InChI=1S/C25H18BrIN2O5S2/c1-2-33-21-12-16(11-20(27)23(21)34-14-15-3-7-19(8-4-15)29(31)32)13-22-24(30)28(25(35)36-22)18-9-5-17(26)6-10-18/h3-13H,2,14H2,1H3/b22-13+. The van der Waals surface area contributed by atoms with Crippen molar-refractivity contribution in [2.24, 2.45) is 0 Å². The van der Waals surface area contributed by atoms with Crippen molar-refractivity contribution in [2.45, 2.75) is 13.5 Å². The number of rotatable bonds is 8. The zero-order valence-electron chi connectivity index (χ0n) is 18.8. The number of thioether (sulfide) groups is 1. The van der Waals surface area contributed by atoms with Gasteiger partial charge in [0.1, 0.15) is 6.61 Å². The minimum Gasteiger partial charge on any atom is -0.490 e. The Bertz CT molecular complexity index is 1360. The monoisotopic (exact) mass is 696 g/mol. The zero-order valence-corrected chi connectivity index (χ0v) is 24.1. The van der Waals surface area contributed by atoms with E-state index in [-0.39, 0.29) is 18.2 Å². The van der Waals surface area contributed by atoms with Crippen molar-refractivity contribution in [3.8, 4) is 11.5 Å². The van der Waals surface area contributed by atoms with Gasteiger partial charge in [-0.1, -0.05) is 39.9 Å². The number of halogens is 2. The van der Waals surface area contributed by atoms with E-state index in [9.17, 15) is 14.9 Å². The molecule has 1 saturated heterocycles. The van der Waals surface area contributed by atoms with E-state index in [4.69, 9.17) is 21.7 Å². The number of benzene rings is 3. The molecule has 0 bridgehead atoms. The Morgan fingerprint density at radius 3 is 2.47 bits per heavy atom. The highest BCUT2D eigenvalue weighted by molar-refractivity contribution is 14.1. The van der Waals surface area contributed by atoms with Crippen molar-refractivity contribution in [3.05, 3.63) is 94.9 Å². The van der Waals surface area contributed by atoms with E-state index < -0.39 is 4.92 Å². The van der Waals surface area contributed by atoms with E-state index in [1.54, 1.807) is 18.2 Å². The maximum absolute atomic E-state index is 13.1. The fourth-order valence-corrected chi connectivity index (χ4v) is 5.72. The van der Waals surface area contributed by atoms with Gasteiger partial charge in [0.15, 0.2) is 15.8 Å². The van der Waals surface area contributed by atoms with Crippen molar-refractivity contribution in [1.29, 1.82) is 0 Å². The number of carbonyl (C=O) groups excluding carboxylic acids is 1. The largest absolute Gasteiger partial charge is 0.490 e. The number of nitrogens with zero attached hydrogens (tertiary/aromatic N) is 2. The Labute approximate surface area is 239 Å². The summed E-state index contributed by atoms with van der Waals surface area (Å²) in [5, 5.41) is 10.9. The average molecular weight is 697 g/mol. The molecule has 0 spiro atoms. The second-order valence-electron chi connectivity index (χ2n) is 7.47. The van der Waals surface area contributed by atoms with Crippen LogP contribution < -0.4 is 14.4 Å². The third-order valence-electron chi connectivity index (χ3n) is 5.04. The number of amides is 1. The molecular weight excluding hydrogens is 679 g/mol. The van der Waals surface area contributed by atoms with Gasteiger partial charge in [0.25, 0.3) is 11.6 Å². The highest BCUT2D eigenvalue weighted by atomic mass is 127. The molecule has 1 aliphatic rings. The fraction of sp³-hybridized carbons (Fsp3) is 0.120. The minimum absolute atomic E-state index is 0.0261. The van der Waals surface area contributed by atoms with E-state index in [1.165, 1.54) is 28.8 Å². The van der Waals surface area contributed by atoms with E-state index in [1.807, 2.05) is 43.3 Å². The Kier molecular flexibility index (Phi) is 8.65. The van der Waals surface area contributed by atoms with Crippen molar-refractivity contribution in [3.63, 3.8) is 0 Å². The molecule has 184 valence electrons. The van der Waals surface area contributed by atoms with Crippen LogP contribution in [0.15, 0.2) is 70.0 Å². The van der Waals surface area contributed by atoms with E-state index in [2.05, 4.69) is 38.5 Å². The maximum Gasteiger partial charge on any atom is 0.270 e. The Balaban J connectivity index is 1.57. The summed E-state index contributed by atoms with van der Waals surface area (Å²) in [4.78, 5) is 25.6. The highest BCUT2D eigenvalue weighted by Crippen LogP contribution is 2.39. The van der Waals surface area contributed by atoms with Crippen LogP contribution in [0.2, 0.25) is 0 Å². The Morgan fingerprint density at radius 2 is 1.83 bits per heavy atom. The maximum atomic E-state index is 13.1. The number of nitro benzene ring substituents is 1. The number of nitro groups is 1. The van der Waals surface area contributed by atoms with E-state index >= 15 is 0 Å². The van der Waals surface area contributed by atoms with Crippen molar-refractivity contribution in [1.82, 2.24) is 0 Å². The fourth-order valence-electron chi connectivity index (χ4n) is 3.38. The molecule has 3 aromatic carbocycles. The summed E-state index contributed by atoms with van der Waals surface area (Å²) in [6.07, 6.45) is 1.79. The second-order valence-corrected chi connectivity index (χ2v) is 11.2. The summed E-state index contributed by atoms with van der Waals surface area (Å²) < 4.78 is 14.0. The normalized spacial score (nSPS) is 14.4. The van der Waals surface area contributed by atoms with Crippen LogP contribution in [-0.4, -0.2) is 21.8 Å². The lowest BCUT2D eigenvalue weighted by atomic mass is 10.1. The van der Waals surface area contributed by atoms with Crippen LogP contribution in [0, 0.1) is 13.7 Å². The first-order valence-electron chi connectivity index (χ1n) is 10.6. The van der Waals surface area contributed by atoms with Crippen molar-refractivity contribution >= 4 is 90.2 Å². The molecule has 0 aromatic heterocycles. The molecule has 1 aliphatic heterocycles. The Hall–Kier alpha value is -2.48. The molecule has 36 heavy (non-hydrogen) atoms. The summed E-state index contributed by atoms with van der Waals surface area (Å²) >= 11 is 12.3. The van der Waals surface area contributed by atoms with Crippen LogP contribution in [0.25, 0.3) is 6.08 Å². The molecule has 0 aliphatic carbocycles. The average Bonchev–Trinajstić information content (AvgIpc) is 3.12. The van der Waals surface area contributed by atoms with Gasteiger partial charge in [-0.25, -0.2) is 0 Å². The molecular formula is C25H18BrIN2O5S2. The van der Waals surface area contributed by atoms with Crippen LogP contribution in [0.1, 0.15) is 18.1 Å². The van der Waals surface area contributed by atoms with Gasteiger partial charge in [0.05, 0.1) is 25.7 Å². The van der Waals surface area contributed by atoms with Gasteiger partial charge in [-0.15, -0.1) is 0 Å². The smallest absolute Gasteiger partial charge is 0.270 e. The Morgan fingerprint density at radius 1 is 1.14 bits per heavy atom. The zero-order chi connectivity index (χ0) is 25.8. The van der Waals surface area contributed by atoms with Crippen LogP contribution in [-0.2, 0) is 11.4 Å². The van der Waals surface area contributed by atoms with Crippen LogP contribution in [0.3, 0.4) is 0 Å². The molecule has 4 rings (SSSR count). The summed E-state index contributed by atoms with van der Waals surface area (Å²) in [5.74, 6) is 0.926. The molecule has 1 heterocycles. The molecule has 0 N–H and O–H groups in total. The molecule has 0 atom stereocenters. The van der Waals surface area contributed by atoms with Gasteiger partial charge < -0.3 is 9.47 Å². The number of ether oxygens (including phenoxy) is 2. The minimum atomic E-state index is -0.438. The number of carbonyl (C=O) groups is 1. The van der Waals surface area contributed by atoms with Crippen LogP contribution in [0.4, 0.5) is 11.4 Å². The van der Waals surface area contributed by atoms with Gasteiger partial charge in [0.2, 0.25) is 0 Å². The summed E-state index contributed by atoms with van der Waals surface area (Å²) in [5.41, 5.74) is 2.31. The molecule has 11 heteroatoms. The van der Waals surface area contributed by atoms with E-state index in [0.717, 1.165) is 19.2 Å². The third kappa shape index (κ3) is 6.07. The lowest BCUT2D eigenvalue weighted by Crippen LogP contribution is -2.27. The summed E-state index contributed by atoms with van der Waals surface area (Å²) in [7, 11) is 0. The molecule has 7 nitrogen and oxygen atoms in total. The first-order valence-corrected chi connectivity index (χ1v) is 13.7. The first kappa shape index (κ1) is 26.6. The lowest BCUT2D eigenvalue weighted by Gasteiger charge is -2.15. The molecule has 1 amide bonds. The lowest BCUT2D eigenvalue weighted by molar-refractivity contribution is -0.384. The molecule has 0 unspecified atom stereocenters. The molecule has 0 saturated carbocycles. The van der Waals surface area contributed by atoms with E-state index in [0.29, 0.717) is 33.0 Å². The molecule has 3 aromatic rings. The number of thiocarbonyl (C=S) groups is 1. The SMILES string of the molecule is CCOc1cc(/C=C2/SC(=S)N(c3ccc(Br)cc3)C2=O)cc(I)c1OCc1ccc([N+](=O)[O-])cc1. The topological polar surface area (TPSA) is 81.9 Å². The number of hydrogen-bond donors (Lipinski definition) is 0. The van der Waals surface area contributed by atoms with Gasteiger partial charge >= 0.3 is 0 Å². The van der Waals surface area contributed by atoms with Gasteiger partial charge in [-0.05, 0) is 95.2 Å². The van der Waals surface area contributed by atoms with Crippen molar-refractivity contribution in [2.75, 3.05) is 11.5 Å². The molecule has 0 radical (unpaired) electrons. The number of non-ortho nitro benzene ring substituents is 1. The van der Waals surface area contributed by atoms with Crippen molar-refractivity contribution < 1.29 is 19.2 Å². The van der Waals surface area contributed by atoms with Gasteiger partial charge in [0, 0.05) is 16.6 Å². The predicted molar refractivity (Wildman–Crippen MR) is 158 cm³/mol. The third-order valence-corrected chi connectivity index (χ3v) is 7.67. The van der Waals surface area contributed by atoms with Crippen LogP contribution in [0.5, 0.6) is 11.5 Å². The summed E-state index contributed by atoms with van der Waals surface area (Å²) in [6.45, 7) is 2.53. The predicted octanol–water partition coefficient (Wildman–Crippen LogP) is 7.35. The number of hydrogen-bond acceptors (Lipinski definition) is 7. The van der Waals surface area contributed by atoms with Gasteiger partial charge in [-0.2, -0.15) is 0 Å². The quantitative estimate of drug-likeness (QED) is 0.0801.